The van der Waals surface area contributed by atoms with Gasteiger partial charge in [-0.15, -0.1) is 0 Å². The van der Waals surface area contributed by atoms with Gasteiger partial charge >= 0.3 is 0 Å². The number of anilines is 1. The summed E-state index contributed by atoms with van der Waals surface area (Å²) in [5.41, 5.74) is 8.94. The maximum Gasteiger partial charge on any atom is 0.0626 e. The monoisotopic (exact) mass is 578 g/mol. The van der Waals surface area contributed by atoms with Crippen LogP contribution < -0.4 is 4.90 Å². The highest BCUT2D eigenvalue weighted by atomic mass is 15.2. The fraction of sp³-hybridized carbons (Fsp3) is 0.381. The van der Waals surface area contributed by atoms with Gasteiger partial charge in [0.1, 0.15) is 0 Å². The number of rotatable bonds is 6. The Morgan fingerprint density at radius 1 is 0.727 bits per heavy atom. The first-order valence-corrected chi connectivity index (χ1v) is 17.3. The van der Waals surface area contributed by atoms with Gasteiger partial charge in [-0.3, -0.25) is 0 Å². The predicted octanol–water partition coefficient (Wildman–Crippen LogP) is 10.2. The van der Waals surface area contributed by atoms with Crippen molar-refractivity contribution in [2.75, 3.05) is 4.90 Å². The van der Waals surface area contributed by atoms with Crippen molar-refractivity contribution in [1.82, 2.24) is 4.90 Å². The summed E-state index contributed by atoms with van der Waals surface area (Å²) in [6.07, 6.45) is 50.6. The number of allylic oxidation sites excluding steroid dienone is 13. The Hall–Kier alpha value is -3.78. The molecule has 0 aromatic heterocycles. The summed E-state index contributed by atoms with van der Waals surface area (Å²) in [5.74, 6) is 1.59. The van der Waals surface area contributed by atoms with E-state index in [1.54, 1.807) is 5.57 Å². The summed E-state index contributed by atoms with van der Waals surface area (Å²) in [6, 6.07) is 10.4. The van der Waals surface area contributed by atoms with Crippen LogP contribution in [0.3, 0.4) is 0 Å². The van der Waals surface area contributed by atoms with E-state index in [0.29, 0.717) is 30.0 Å². The molecule has 8 rings (SSSR count). The Bertz CT molecular complexity index is 1570. The fourth-order valence-electron chi connectivity index (χ4n) is 8.91. The van der Waals surface area contributed by atoms with Gasteiger partial charge in [-0.25, -0.2) is 0 Å². The van der Waals surface area contributed by atoms with Crippen LogP contribution in [0.15, 0.2) is 144 Å². The standard InChI is InChI=1S/C42H46N2/c1-3-13-31(14-4-1)32-23-27-35(28-24-32)43(34-15-5-2-6-16-34)36-29-25-33(26-30-36)37-17-7-10-20-40(37)44-41-21-11-8-18-38(41)39-19-9-12-22-42(39)44/h1,3,5,7-12,15-16,18-23,25-26,29,31,35-38,41H,2,4,6,13-14,17,24,27-28,30H2. The molecule has 0 spiro atoms. The molecular formula is C42H46N2. The third-order valence-electron chi connectivity index (χ3n) is 11.1. The van der Waals surface area contributed by atoms with Gasteiger partial charge in [-0.2, -0.15) is 0 Å². The van der Waals surface area contributed by atoms with E-state index in [2.05, 4.69) is 131 Å². The molecule has 0 fully saturated rings. The Kier molecular flexibility index (Phi) is 7.76. The minimum Gasteiger partial charge on any atom is -0.362 e. The second kappa shape index (κ2) is 12.3. The lowest BCUT2D eigenvalue weighted by Crippen LogP contribution is -2.43. The predicted molar refractivity (Wildman–Crippen MR) is 185 cm³/mol. The quantitative estimate of drug-likeness (QED) is 0.310. The van der Waals surface area contributed by atoms with E-state index in [4.69, 9.17) is 0 Å². The molecular weight excluding hydrogens is 532 g/mol. The molecule has 0 amide bonds. The third kappa shape index (κ3) is 5.17. The number of hydrogen-bond donors (Lipinski definition) is 0. The van der Waals surface area contributed by atoms with Gasteiger partial charge in [0.15, 0.2) is 0 Å². The number of benzene rings is 1. The van der Waals surface area contributed by atoms with Crippen molar-refractivity contribution < 1.29 is 0 Å². The van der Waals surface area contributed by atoms with Crippen LogP contribution in [0, 0.1) is 11.8 Å². The zero-order chi connectivity index (χ0) is 29.3. The largest absolute Gasteiger partial charge is 0.362 e. The molecule has 6 aliphatic carbocycles. The molecule has 0 radical (unpaired) electrons. The van der Waals surface area contributed by atoms with Crippen molar-refractivity contribution >= 4 is 5.69 Å². The Balaban J connectivity index is 1.03. The van der Waals surface area contributed by atoms with E-state index in [1.807, 2.05) is 0 Å². The average Bonchev–Trinajstić information content (AvgIpc) is 3.44. The van der Waals surface area contributed by atoms with Crippen LogP contribution >= 0.6 is 0 Å². The van der Waals surface area contributed by atoms with Gasteiger partial charge in [0.2, 0.25) is 0 Å². The maximum atomic E-state index is 2.80. The summed E-state index contributed by atoms with van der Waals surface area (Å²) >= 11 is 0. The lowest BCUT2D eigenvalue weighted by atomic mass is 9.80. The number of fused-ring (bicyclic) bond motifs is 3. The molecule has 1 aromatic carbocycles. The molecule has 0 saturated carbocycles. The molecule has 6 atom stereocenters. The van der Waals surface area contributed by atoms with Crippen molar-refractivity contribution in [2.24, 2.45) is 11.8 Å². The number of nitrogens with zero attached hydrogens (tertiary/aromatic N) is 2. The summed E-state index contributed by atoms with van der Waals surface area (Å²) < 4.78 is 0. The van der Waals surface area contributed by atoms with E-state index in [-0.39, 0.29) is 0 Å². The van der Waals surface area contributed by atoms with Crippen LogP contribution in [-0.4, -0.2) is 23.0 Å². The maximum absolute atomic E-state index is 2.80. The molecule has 1 heterocycles. The van der Waals surface area contributed by atoms with Crippen LogP contribution in [0.2, 0.25) is 0 Å². The lowest BCUT2D eigenvalue weighted by molar-refractivity contribution is 0.199. The van der Waals surface area contributed by atoms with Crippen LogP contribution in [-0.2, 0) is 0 Å². The third-order valence-corrected chi connectivity index (χ3v) is 11.1. The van der Waals surface area contributed by atoms with Gasteiger partial charge in [-0.1, -0.05) is 109 Å². The SMILES string of the molecule is C1=CCC(C2=CCC(N(C3=CCCC=C3)C3CC=C(C4CC=CCC4)CC3)C=C2)C(N2c3ccccc3C3C=CC=CC32)=C1. The van der Waals surface area contributed by atoms with E-state index < -0.39 is 0 Å². The van der Waals surface area contributed by atoms with Gasteiger partial charge in [0.25, 0.3) is 0 Å². The highest BCUT2D eigenvalue weighted by molar-refractivity contribution is 5.70. The molecule has 1 aliphatic heterocycles. The molecule has 224 valence electrons. The summed E-state index contributed by atoms with van der Waals surface area (Å²) in [7, 11) is 0. The minimum atomic E-state index is 0.355. The first-order valence-electron chi connectivity index (χ1n) is 17.3. The molecule has 6 unspecified atom stereocenters. The van der Waals surface area contributed by atoms with Crippen molar-refractivity contribution in [3.63, 3.8) is 0 Å². The van der Waals surface area contributed by atoms with Crippen molar-refractivity contribution in [3.8, 4) is 0 Å². The molecule has 0 saturated heterocycles. The number of para-hydroxylation sites is 1. The first kappa shape index (κ1) is 27.7. The van der Waals surface area contributed by atoms with Crippen molar-refractivity contribution in [1.29, 1.82) is 0 Å². The smallest absolute Gasteiger partial charge is 0.0626 e. The lowest BCUT2D eigenvalue weighted by Gasteiger charge is -2.43. The van der Waals surface area contributed by atoms with Gasteiger partial charge in [0, 0.05) is 35.0 Å². The fourth-order valence-corrected chi connectivity index (χ4v) is 8.91. The Labute approximate surface area is 264 Å². The van der Waals surface area contributed by atoms with Gasteiger partial charge in [0.05, 0.1) is 12.1 Å². The molecule has 2 nitrogen and oxygen atoms in total. The molecule has 1 aromatic rings. The van der Waals surface area contributed by atoms with E-state index >= 15 is 0 Å². The molecule has 2 heteroatoms. The molecule has 7 aliphatic rings. The zero-order valence-corrected chi connectivity index (χ0v) is 26.0. The topological polar surface area (TPSA) is 6.48 Å². The van der Waals surface area contributed by atoms with Crippen LogP contribution in [0.4, 0.5) is 5.69 Å². The second-order valence-corrected chi connectivity index (χ2v) is 13.6. The van der Waals surface area contributed by atoms with Crippen LogP contribution in [0.25, 0.3) is 0 Å². The van der Waals surface area contributed by atoms with Gasteiger partial charge < -0.3 is 9.80 Å². The molecule has 44 heavy (non-hydrogen) atoms. The normalized spacial score (nSPS) is 32.0. The summed E-state index contributed by atoms with van der Waals surface area (Å²) in [4.78, 5) is 5.44. The zero-order valence-electron chi connectivity index (χ0n) is 26.0. The van der Waals surface area contributed by atoms with Gasteiger partial charge in [-0.05, 0) is 99.5 Å². The number of hydrogen-bond acceptors (Lipinski definition) is 2. The molecule has 0 N–H and O–H groups in total. The minimum absolute atomic E-state index is 0.355. The van der Waals surface area contributed by atoms with Crippen LogP contribution in [0.1, 0.15) is 75.7 Å². The molecule has 0 bridgehead atoms. The summed E-state index contributed by atoms with van der Waals surface area (Å²) in [6.45, 7) is 0. The average molecular weight is 579 g/mol. The van der Waals surface area contributed by atoms with Crippen molar-refractivity contribution in [2.45, 2.75) is 88.3 Å². The van der Waals surface area contributed by atoms with Crippen molar-refractivity contribution in [3.05, 3.63) is 150 Å². The Morgan fingerprint density at radius 3 is 2.50 bits per heavy atom. The highest BCUT2D eigenvalue weighted by Crippen LogP contribution is 2.49. The van der Waals surface area contributed by atoms with Crippen LogP contribution in [0.5, 0.6) is 0 Å². The summed E-state index contributed by atoms with van der Waals surface area (Å²) in [5, 5.41) is 0. The van der Waals surface area contributed by atoms with E-state index in [1.165, 1.54) is 73.2 Å². The van der Waals surface area contributed by atoms with E-state index in [9.17, 15) is 0 Å². The second-order valence-electron chi connectivity index (χ2n) is 13.6. The Morgan fingerprint density at radius 2 is 1.68 bits per heavy atom. The van der Waals surface area contributed by atoms with E-state index in [0.717, 1.165) is 25.2 Å². The highest BCUT2D eigenvalue weighted by Gasteiger charge is 2.40. The first-order chi connectivity index (χ1) is 21.8.